The molecule has 0 aromatic heterocycles. The molecule has 18 heavy (non-hydrogen) atoms. The standard InChI is InChI=1S/C16H17ClO/c1-2-16(18,14-6-4-3-5-7-14)12-13-8-10-15(17)11-9-13/h3-11,18H,2,12H2,1H3/t16-/m0/s1. The van der Waals surface area contributed by atoms with E-state index in [9.17, 15) is 5.11 Å². The van der Waals surface area contributed by atoms with Crippen LogP contribution in [0.15, 0.2) is 54.6 Å². The molecule has 0 bridgehead atoms. The van der Waals surface area contributed by atoms with E-state index >= 15 is 0 Å². The predicted molar refractivity (Wildman–Crippen MR) is 75.8 cm³/mol. The van der Waals surface area contributed by atoms with E-state index in [1.165, 1.54) is 0 Å². The van der Waals surface area contributed by atoms with Crippen molar-refractivity contribution in [2.45, 2.75) is 25.4 Å². The monoisotopic (exact) mass is 260 g/mol. The lowest BCUT2D eigenvalue weighted by atomic mass is 9.85. The molecule has 0 aliphatic rings. The van der Waals surface area contributed by atoms with Crippen molar-refractivity contribution in [2.75, 3.05) is 0 Å². The smallest absolute Gasteiger partial charge is 0.0934 e. The highest BCUT2D eigenvalue weighted by Gasteiger charge is 2.27. The zero-order chi connectivity index (χ0) is 13.0. The van der Waals surface area contributed by atoms with Gasteiger partial charge in [0, 0.05) is 11.4 Å². The highest BCUT2D eigenvalue weighted by Crippen LogP contribution is 2.29. The molecule has 0 saturated heterocycles. The molecule has 2 heteroatoms. The fraction of sp³-hybridized carbons (Fsp3) is 0.250. The van der Waals surface area contributed by atoms with Gasteiger partial charge in [-0.25, -0.2) is 0 Å². The van der Waals surface area contributed by atoms with Crippen LogP contribution in [-0.4, -0.2) is 5.11 Å². The predicted octanol–water partition coefficient (Wildman–Crippen LogP) is 4.18. The van der Waals surface area contributed by atoms with Crippen LogP contribution < -0.4 is 0 Å². The minimum Gasteiger partial charge on any atom is -0.385 e. The van der Waals surface area contributed by atoms with Gasteiger partial charge in [0.05, 0.1) is 5.60 Å². The summed E-state index contributed by atoms with van der Waals surface area (Å²) in [4.78, 5) is 0. The summed E-state index contributed by atoms with van der Waals surface area (Å²) in [7, 11) is 0. The molecule has 94 valence electrons. The highest BCUT2D eigenvalue weighted by atomic mass is 35.5. The van der Waals surface area contributed by atoms with Gasteiger partial charge in [0.1, 0.15) is 0 Å². The van der Waals surface area contributed by atoms with Crippen LogP contribution in [0.2, 0.25) is 5.02 Å². The van der Waals surface area contributed by atoms with E-state index in [0.29, 0.717) is 12.8 Å². The number of rotatable bonds is 4. The van der Waals surface area contributed by atoms with Crippen molar-refractivity contribution in [3.05, 3.63) is 70.7 Å². The third-order valence-corrected chi connectivity index (χ3v) is 3.56. The SMILES string of the molecule is CC[C@](O)(Cc1ccc(Cl)cc1)c1ccccc1. The second kappa shape index (κ2) is 5.55. The Bertz CT molecular complexity index is 492. The molecule has 2 aromatic rings. The van der Waals surface area contributed by atoms with Crippen molar-refractivity contribution in [1.82, 2.24) is 0 Å². The average Bonchev–Trinajstić information content (AvgIpc) is 2.42. The first-order chi connectivity index (χ1) is 8.64. The van der Waals surface area contributed by atoms with E-state index in [4.69, 9.17) is 11.6 Å². The highest BCUT2D eigenvalue weighted by molar-refractivity contribution is 6.30. The van der Waals surface area contributed by atoms with Gasteiger partial charge in [0.15, 0.2) is 0 Å². The maximum absolute atomic E-state index is 10.8. The maximum atomic E-state index is 10.8. The van der Waals surface area contributed by atoms with Gasteiger partial charge in [-0.1, -0.05) is 61.0 Å². The van der Waals surface area contributed by atoms with Crippen molar-refractivity contribution in [3.63, 3.8) is 0 Å². The summed E-state index contributed by atoms with van der Waals surface area (Å²) in [5.74, 6) is 0. The van der Waals surface area contributed by atoms with Gasteiger partial charge in [-0.2, -0.15) is 0 Å². The first-order valence-electron chi connectivity index (χ1n) is 6.16. The number of hydrogen-bond acceptors (Lipinski definition) is 1. The molecular weight excluding hydrogens is 244 g/mol. The summed E-state index contributed by atoms with van der Waals surface area (Å²) in [6.45, 7) is 2.00. The Balaban J connectivity index is 2.26. The first kappa shape index (κ1) is 13.1. The van der Waals surface area contributed by atoms with Crippen LogP contribution in [0.4, 0.5) is 0 Å². The Morgan fingerprint density at radius 2 is 1.61 bits per heavy atom. The van der Waals surface area contributed by atoms with Crippen LogP contribution in [-0.2, 0) is 12.0 Å². The molecule has 0 saturated carbocycles. The molecule has 1 atom stereocenters. The molecule has 0 spiro atoms. The summed E-state index contributed by atoms with van der Waals surface area (Å²) in [6.07, 6.45) is 1.28. The van der Waals surface area contributed by atoms with Crippen LogP contribution in [0.5, 0.6) is 0 Å². The third kappa shape index (κ3) is 2.92. The lowest BCUT2D eigenvalue weighted by Gasteiger charge is -2.27. The van der Waals surface area contributed by atoms with Crippen LogP contribution in [0, 0.1) is 0 Å². The summed E-state index contributed by atoms with van der Waals surface area (Å²) in [5.41, 5.74) is 1.24. The Kier molecular flexibility index (Phi) is 4.05. The molecule has 0 fully saturated rings. The molecule has 0 heterocycles. The zero-order valence-corrected chi connectivity index (χ0v) is 11.2. The second-order valence-corrected chi connectivity index (χ2v) is 4.99. The summed E-state index contributed by atoms with van der Waals surface area (Å²) in [6, 6.07) is 17.5. The van der Waals surface area contributed by atoms with E-state index in [1.54, 1.807) is 0 Å². The van der Waals surface area contributed by atoms with Crippen LogP contribution in [0.1, 0.15) is 24.5 Å². The topological polar surface area (TPSA) is 20.2 Å². The van der Waals surface area contributed by atoms with Crippen molar-refractivity contribution in [3.8, 4) is 0 Å². The zero-order valence-electron chi connectivity index (χ0n) is 10.4. The first-order valence-corrected chi connectivity index (χ1v) is 6.54. The van der Waals surface area contributed by atoms with Gasteiger partial charge in [0.25, 0.3) is 0 Å². The maximum Gasteiger partial charge on any atom is 0.0934 e. The summed E-state index contributed by atoms with van der Waals surface area (Å²) in [5, 5.41) is 11.5. The van der Waals surface area contributed by atoms with Gasteiger partial charge >= 0.3 is 0 Å². The fourth-order valence-electron chi connectivity index (χ4n) is 2.12. The van der Waals surface area contributed by atoms with E-state index in [1.807, 2.05) is 61.5 Å². The van der Waals surface area contributed by atoms with E-state index in [-0.39, 0.29) is 0 Å². The molecule has 0 aliphatic heterocycles. The van der Waals surface area contributed by atoms with Crippen LogP contribution in [0.3, 0.4) is 0 Å². The number of aliphatic hydroxyl groups is 1. The lowest BCUT2D eigenvalue weighted by molar-refractivity contribution is 0.0327. The number of halogens is 1. The fourth-order valence-corrected chi connectivity index (χ4v) is 2.25. The minimum absolute atomic E-state index is 0.602. The van der Waals surface area contributed by atoms with Gasteiger partial charge in [-0.05, 0) is 29.7 Å². The van der Waals surface area contributed by atoms with E-state index in [2.05, 4.69) is 0 Å². The quantitative estimate of drug-likeness (QED) is 0.874. The Hall–Kier alpha value is -1.31. The largest absolute Gasteiger partial charge is 0.385 e. The van der Waals surface area contributed by atoms with Crippen molar-refractivity contribution < 1.29 is 5.11 Å². The molecule has 2 aromatic carbocycles. The average molecular weight is 261 g/mol. The van der Waals surface area contributed by atoms with E-state index < -0.39 is 5.60 Å². The Labute approximate surface area is 113 Å². The second-order valence-electron chi connectivity index (χ2n) is 4.55. The van der Waals surface area contributed by atoms with Gasteiger partial charge in [-0.3, -0.25) is 0 Å². The molecule has 0 unspecified atom stereocenters. The normalized spacial score (nSPS) is 14.2. The van der Waals surface area contributed by atoms with Crippen LogP contribution in [0.25, 0.3) is 0 Å². The molecule has 1 nitrogen and oxygen atoms in total. The van der Waals surface area contributed by atoms with Crippen molar-refractivity contribution >= 4 is 11.6 Å². The lowest BCUT2D eigenvalue weighted by Crippen LogP contribution is -2.27. The number of hydrogen-bond donors (Lipinski definition) is 1. The van der Waals surface area contributed by atoms with Gasteiger partial charge in [0.2, 0.25) is 0 Å². The van der Waals surface area contributed by atoms with Gasteiger partial charge < -0.3 is 5.11 Å². The van der Waals surface area contributed by atoms with E-state index in [0.717, 1.165) is 16.1 Å². The Morgan fingerprint density at radius 3 is 2.17 bits per heavy atom. The summed E-state index contributed by atoms with van der Waals surface area (Å²) < 4.78 is 0. The molecular formula is C16H17ClO. The third-order valence-electron chi connectivity index (χ3n) is 3.31. The number of benzene rings is 2. The van der Waals surface area contributed by atoms with Crippen molar-refractivity contribution in [2.24, 2.45) is 0 Å². The molecule has 0 amide bonds. The summed E-state index contributed by atoms with van der Waals surface area (Å²) >= 11 is 5.87. The van der Waals surface area contributed by atoms with Crippen molar-refractivity contribution in [1.29, 1.82) is 0 Å². The molecule has 0 radical (unpaired) electrons. The molecule has 2 rings (SSSR count). The molecule has 0 aliphatic carbocycles. The van der Waals surface area contributed by atoms with Crippen LogP contribution >= 0.6 is 11.6 Å². The molecule has 1 N–H and O–H groups in total. The minimum atomic E-state index is -0.810. The Morgan fingerprint density at radius 1 is 1.00 bits per heavy atom. The van der Waals surface area contributed by atoms with Gasteiger partial charge in [-0.15, -0.1) is 0 Å².